The van der Waals surface area contributed by atoms with Crippen LogP contribution in [0.4, 0.5) is 0 Å². The lowest BCUT2D eigenvalue weighted by molar-refractivity contribution is -0.138. The van der Waals surface area contributed by atoms with Crippen molar-refractivity contribution in [2.24, 2.45) is 4.99 Å². The van der Waals surface area contributed by atoms with Crippen LogP contribution in [-0.4, -0.2) is 36.3 Å². The van der Waals surface area contributed by atoms with Crippen molar-refractivity contribution in [3.05, 3.63) is 35.4 Å². The molecule has 1 aromatic rings. The molecule has 2 amide bonds. The molecule has 1 atom stereocenters. The second kappa shape index (κ2) is 3.91. The van der Waals surface area contributed by atoms with Crippen LogP contribution in [0.5, 0.6) is 0 Å². The van der Waals surface area contributed by atoms with Crippen LogP contribution in [0.25, 0.3) is 0 Å². The predicted octanol–water partition coefficient (Wildman–Crippen LogP) is 1.07. The molecule has 98 valence electrons. The summed E-state index contributed by atoms with van der Waals surface area (Å²) in [6, 6.07) is 7.43. The Hall–Kier alpha value is -2.17. The number of hydrogen-bond acceptors (Lipinski definition) is 4. The zero-order chi connectivity index (χ0) is 13.6. The topological polar surface area (TPSA) is 59.0 Å². The van der Waals surface area contributed by atoms with Gasteiger partial charge in [0.2, 0.25) is 11.8 Å². The standard InChI is InChI=1S/C14H14N2O3/c1-3-19-12-9-6-4-5-7-10(9)14(15-12)8-11(17)16(2)13(14)18/h4-7H,3,8H2,1-2H3. The molecule has 0 bridgehead atoms. The maximum Gasteiger partial charge on any atom is 0.262 e. The number of aliphatic imine (C=N–C) groups is 1. The van der Waals surface area contributed by atoms with E-state index in [1.807, 2.05) is 31.2 Å². The molecule has 19 heavy (non-hydrogen) atoms. The molecule has 3 rings (SSSR count). The van der Waals surface area contributed by atoms with Gasteiger partial charge in [-0.1, -0.05) is 18.2 Å². The second-order valence-corrected chi connectivity index (χ2v) is 4.69. The molecule has 5 heteroatoms. The van der Waals surface area contributed by atoms with E-state index < -0.39 is 5.54 Å². The number of likely N-dealkylation sites (tertiary alicyclic amines) is 1. The van der Waals surface area contributed by atoms with Gasteiger partial charge in [-0.05, 0) is 13.0 Å². The molecule has 2 aliphatic heterocycles. The van der Waals surface area contributed by atoms with E-state index in [1.54, 1.807) is 0 Å². The van der Waals surface area contributed by atoms with Crippen molar-refractivity contribution in [2.75, 3.05) is 13.7 Å². The lowest BCUT2D eigenvalue weighted by atomic mass is 9.88. The Balaban J connectivity index is 2.19. The number of benzene rings is 1. The highest BCUT2D eigenvalue weighted by atomic mass is 16.5. The fourth-order valence-corrected chi connectivity index (χ4v) is 2.67. The zero-order valence-electron chi connectivity index (χ0n) is 10.8. The van der Waals surface area contributed by atoms with Gasteiger partial charge in [-0.3, -0.25) is 14.5 Å². The Morgan fingerprint density at radius 3 is 2.74 bits per heavy atom. The highest BCUT2D eigenvalue weighted by Gasteiger charge is 2.55. The van der Waals surface area contributed by atoms with Gasteiger partial charge in [-0.2, -0.15) is 0 Å². The van der Waals surface area contributed by atoms with E-state index in [-0.39, 0.29) is 18.2 Å². The van der Waals surface area contributed by atoms with E-state index in [4.69, 9.17) is 4.74 Å². The van der Waals surface area contributed by atoms with Gasteiger partial charge in [0.15, 0.2) is 5.54 Å². The predicted molar refractivity (Wildman–Crippen MR) is 68.7 cm³/mol. The third-order valence-corrected chi connectivity index (χ3v) is 3.62. The lowest BCUT2D eigenvalue weighted by Crippen LogP contribution is -2.34. The van der Waals surface area contributed by atoms with Gasteiger partial charge in [0.1, 0.15) is 0 Å². The molecule has 0 radical (unpaired) electrons. The SMILES string of the molecule is CCOC1=NC2(CC(=O)N(C)C2=O)c2ccccc21. The summed E-state index contributed by atoms with van der Waals surface area (Å²) >= 11 is 0. The van der Waals surface area contributed by atoms with E-state index in [0.717, 1.165) is 16.0 Å². The Morgan fingerprint density at radius 2 is 2.11 bits per heavy atom. The normalized spacial score (nSPS) is 24.9. The number of carbonyl (C=O) groups excluding carboxylic acids is 2. The van der Waals surface area contributed by atoms with Crippen LogP contribution in [0, 0.1) is 0 Å². The molecule has 1 spiro atoms. The molecule has 2 aliphatic rings. The van der Waals surface area contributed by atoms with Gasteiger partial charge in [-0.25, -0.2) is 4.99 Å². The maximum absolute atomic E-state index is 12.4. The number of ether oxygens (including phenoxy) is 1. The van der Waals surface area contributed by atoms with E-state index >= 15 is 0 Å². The van der Waals surface area contributed by atoms with E-state index in [2.05, 4.69) is 4.99 Å². The lowest BCUT2D eigenvalue weighted by Gasteiger charge is -2.17. The van der Waals surface area contributed by atoms with Crippen molar-refractivity contribution in [3.63, 3.8) is 0 Å². The first kappa shape index (κ1) is 11.9. The Labute approximate surface area is 110 Å². The quantitative estimate of drug-likeness (QED) is 0.708. The number of rotatable bonds is 1. The number of likely N-dealkylation sites (N-methyl/N-ethyl adjacent to an activating group) is 1. The summed E-state index contributed by atoms with van der Waals surface area (Å²) in [6.07, 6.45) is 0.0793. The Morgan fingerprint density at radius 1 is 1.37 bits per heavy atom. The Bertz CT molecular complexity index is 608. The molecule has 0 aliphatic carbocycles. The minimum Gasteiger partial charge on any atom is -0.478 e. The van der Waals surface area contributed by atoms with Crippen LogP contribution in [0.15, 0.2) is 29.3 Å². The molecular weight excluding hydrogens is 244 g/mol. The first-order valence-corrected chi connectivity index (χ1v) is 6.23. The van der Waals surface area contributed by atoms with Gasteiger partial charge in [0.05, 0.1) is 13.0 Å². The summed E-state index contributed by atoms with van der Waals surface area (Å²) in [5.41, 5.74) is 0.467. The molecule has 0 saturated carbocycles. The number of carbonyl (C=O) groups is 2. The van der Waals surface area contributed by atoms with Crippen LogP contribution >= 0.6 is 0 Å². The first-order valence-electron chi connectivity index (χ1n) is 6.23. The minimum absolute atomic E-state index is 0.0793. The van der Waals surface area contributed by atoms with Crippen molar-refractivity contribution in [1.82, 2.24) is 4.90 Å². The number of fused-ring (bicyclic) bond motifs is 2. The molecule has 0 aromatic heterocycles. The van der Waals surface area contributed by atoms with Crippen molar-refractivity contribution in [2.45, 2.75) is 18.9 Å². The smallest absolute Gasteiger partial charge is 0.262 e. The second-order valence-electron chi connectivity index (χ2n) is 4.69. The summed E-state index contributed by atoms with van der Waals surface area (Å²) in [6.45, 7) is 2.34. The molecule has 1 saturated heterocycles. The van der Waals surface area contributed by atoms with Crippen LogP contribution < -0.4 is 0 Å². The molecule has 1 aromatic carbocycles. The highest BCUT2D eigenvalue weighted by molar-refractivity contribution is 6.14. The fraction of sp³-hybridized carbons (Fsp3) is 0.357. The maximum atomic E-state index is 12.4. The Kier molecular flexibility index (Phi) is 2.45. The summed E-state index contributed by atoms with van der Waals surface area (Å²) in [7, 11) is 1.50. The molecule has 0 N–H and O–H groups in total. The summed E-state index contributed by atoms with van der Waals surface area (Å²) < 4.78 is 5.50. The number of nitrogens with zero attached hydrogens (tertiary/aromatic N) is 2. The number of imide groups is 1. The van der Waals surface area contributed by atoms with Gasteiger partial charge < -0.3 is 4.74 Å². The third kappa shape index (κ3) is 1.44. The highest BCUT2D eigenvalue weighted by Crippen LogP contribution is 2.43. The van der Waals surface area contributed by atoms with Gasteiger partial charge >= 0.3 is 0 Å². The number of amides is 2. The van der Waals surface area contributed by atoms with Gasteiger partial charge in [0.25, 0.3) is 5.91 Å². The van der Waals surface area contributed by atoms with Crippen molar-refractivity contribution in [3.8, 4) is 0 Å². The number of hydrogen-bond donors (Lipinski definition) is 0. The van der Waals surface area contributed by atoms with Crippen LogP contribution in [-0.2, 0) is 19.9 Å². The van der Waals surface area contributed by atoms with E-state index in [0.29, 0.717) is 12.5 Å². The third-order valence-electron chi connectivity index (χ3n) is 3.62. The summed E-state index contributed by atoms with van der Waals surface area (Å²) in [5, 5.41) is 0. The summed E-state index contributed by atoms with van der Waals surface area (Å²) in [5.74, 6) is -0.0319. The fourth-order valence-electron chi connectivity index (χ4n) is 2.67. The van der Waals surface area contributed by atoms with Crippen LogP contribution in [0.1, 0.15) is 24.5 Å². The average molecular weight is 258 g/mol. The first-order chi connectivity index (χ1) is 9.10. The molecule has 1 unspecified atom stereocenters. The minimum atomic E-state index is -1.10. The molecular formula is C14H14N2O3. The monoisotopic (exact) mass is 258 g/mol. The van der Waals surface area contributed by atoms with Crippen molar-refractivity contribution >= 4 is 17.7 Å². The average Bonchev–Trinajstić information content (AvgIpc) is 2.83. The zero-order valence-corrected chi connectivity index (χ0v) is 10.8. The van der Waals surface area contributed by atoms with Crippen molar-refractivity contribution < 1.29 is 14.3 Å². The van der Waals surface area contributed by atoms with Crippen LogP contribution in [0.3, 0.4) is 0 Å². The van der Waals surface area contributed by atoms with Crippen LogP contribution in [0.2, 0.25) is 0 Å². The molecule has 2 heterocycles. The molecule has 1 fully saturated rings. The largest absolute Gasteiger partial charge is 0.478 e. The van der Waals surface area contributed by atoms with Gasteiger partial charge in [-0.15, -0.1) is 0 Å². The molecule has 5 nitrogen and oxygen atoms in total. The van der Waals surface area contributed by atoms with E-state index in [9.17, 15) is 9.59 Å². The van der Waals surface area contributed by atoms with Gasteiger partial charge in [0, 0.05) is 18.2 Å². The summed E-state index contributed by atoms with van der Waals surface area (Å²) in [4.78, 5) is 29.8. The van der Waals surface area contributed by atoms with Crippen molar-refractivity contribution in [1.29, 1.82) is 0 Å². The van der Waals surface area contributed by atoms with E-state index in [1.165, 1.54) is 7.05 Å².